The van der Waals surface area contributed by atoms with Gasteiger partial charge in [-0.25, -0.2) is 4.98 Å². The number of anilines is 1. The minimum atomic E-state index is 0.963. The Balaban J connectivity index is 2.04. The average molecular weight is 205 g/mol. The van der Waals surface area contributed by atoms with Crippen molar-refractivity contribution < 1.29 is 0 Å². The second-order valence-electron chi connectivity index (χ2n) is 3.43. The van der Waals surface area contributed by atoms with Gasteiger partial charge in [-0.2, -0.15) is 0 Å². The maximum atomic E-state index is 4.27. The van der Waals surface area contributed by atoms with Gasteiger partial charge in [0.05, 0.1) is 22.4 Å². The molecular formula is C10H11N3S. The molecule has 1 N–H and O–H groups in total. The third-order valence-corrected chi connectivity index (χ3v) is 3.33. The quantitative estimate of drug-likeness (QED) is 0.767. The summed E-state index contributed by atoms with van der Waals surface area (Å²) >= 11 is 1.70. The molecule has 1 fully saturated rings. The van der Waals surface area contributed by atoms with E-state index in [-0.39, 0.29) is 0 Å². The number of nitrogens with one attached hydrogen (secondary N) is 1. The Hall–Kier alpha value is -1.13. The molecule has 3 rings (SSSR count). The van der Waals surface area contributed by atoms with Crippen molar-refractivity contribution in [2.75, 3.05) is 24.7 Å². The first-order valence-electron chi connectivity index (χ1n) is 4.72. The van der Waals surface area contributed by atoms with Crippen LogP contribution >= 0.6 is 11.3 Å². The highest BCUT2D eigenvalue weighted by Crippen LogP contribution is 2.24. The van der Waals surface area contributed by atoms with Crippen molar-refractivity contribution in [3.05, 3.63) is 23.7 Å². The molecule has 72 valence electrons. The molecule has 4 heteroatoms. The summed E-state index contributed by atoms with van der Waals surface area (Å²) in [6.07, 6.45) is 0. The number of nitrogens with zero attached hydrogens (tertiary/aromatic N) is 2. The summed E-state index contributed by atoms with van der Waals surface area (Å²) < 4.78 is 1.27. The van der Waals surface area contributed by atoms with Crippen LogP contribution in [0.15, 0.2) is 23.7 Å². The van der Waals surface area contributed by atoms with E-state index in [0.29, 0.717) is 0 Å². The van der Waals surface area contributed by atoms with Crippen molar-refractivity contribution in [2.24, 2.45) is 0 Å². The molecule has 1 aliphatic rings. The predicted molar refractivity (Wildman–Crippen MR) is 59.8 cm³/mol. The van der Waals surface area contributed by atoms with Gasteiger partial charge >= 0.3 is 0 Å². The van der Waals surface area contributed by atoms with E-state index in [9.17, 15) is 0 Å². The molecule has 0 spiro atoms. The van der Waals surface area contributed by atoms with Gasteiger partial charge in [0.15, 0.2) is 0 Å². The van der Waals surface area contributed by atoms with Crippen LogP contribution in [0.1, 0.15) is 0 Å². The minimum absolute atomic E-state index is 0.963. The van der Waals surface area contributed by atoms with E-state index in [1.165, 1.54) is 10.4 Å². The SMILES string of the molecule is c1nc2ccc(N3CCNC3)cc2s1. The Morgan fingerprint density at radius 3 is 3.29 bits per heavy atom. The van der Waals surface area contributed by atoms with Gasteiger partial charge in [-0.15, -0.1) is 11.3 Å². The van der Waals surface area contributed by atoms with Crippen molar-refractivity contribution in [1.82, 2.24) is 10.3 Å². The molecule has 0 amide bonds. The third-order valence-electron chi connectivity index (χ3n) is 2.54. The summed E-state index contributed by atoms with van der Waals surface area (Å²) in [7, 11) is 0. The van der Waals surface area contributed by atoms with Crippen LogP contribution in [-0.2, 0) is 0 Å². The molecule has 0 unspecified atom stereocenters. The van der Waals surface area contributed by atoms with Gasteiger partial charge in [-0.3, -0.25) is 5.32 Å². The van der Waals surface area contributed by atoms with Crippen LogP contribution < -0.4 is 10.2 Å². The smallest absolute Gasteiger partial charge is 0.0813 e. The predicted octanol–water partition coefficient (Wildman–Crippen LogP) is 1.66. The molecule has 14 heavy (non-hydrogen) atoms. The van der Waals surface area contributed by atoms with Gasteiger partial charge in [0.25, 0.3) is 0 Å². The Bertz CT molecular complexity index is 445. The Kier molecular flexibility index (Phi) is 1.89. The highest BCUT2D eigenvalue weighted by molar-refractivity contribution is 7.16. The fourth-order valence-electron chi connectivity index (χ4n) is 1.77. The van der Waals surface area contributed by atoms with Gasteiger partial charge in [0, 0.05) is 18.8 Å². The van der Waals surface area contributed by atoms with E-state index in [0.717, 1.165) is 25.3 Å². The lowest BCUT2D eigenvalue weighted by Crippen LogP contribution is -2.20. The molecule has 0 aliphatic carbocycles. The topological polar surface area (TPSA) is 28.2 Å². The summed E-state index contributed by atoms with van der Waals surface area (Å²) in [5.74, 6) is 0. The first kappa shape index (κ1) is 8.20. The van der Waals surface area contributed by atoms with Crippen molar-refractivity contribution in [3.8, 4) is 0 Å². The van der Waals surface area contributed by atoms with Gasteiger partial charge < -0.3 is 4.90 Å². The first-order chi connectivity index (χ1) is 6.93. The number of thiazole rings is 1. The molecule has 0 radical (unpaired) electrons. The summed E-state index contributed by atoms with van der Waals surface area (Å²) in [4.78, 5) is 6.62. The zero-order valence-electron chi connectivity index (χ0n) is 7.73. The first-order valence-corrected chi connectivity index (χ1v) is 5.60. The van der Waals surface area contributed by atoms with Crippen molar-refractivity contribution in [2.45, 2.75) is 0 Å². The number of hydrogen-bond donors (Lipinski definition) is 1. The van der Waals surface area contributed by atoms with Crippen LogP contribution in [0.2, 0.25) is 0 Å². The highest BCUT2D eigenvalue weighted by atomic mass is 32.1. The number of benzene rings is 1. The molecule has 2 heterocycles. The lowest BCUT2D eigenvalue weighted by atomic mass is 10.3. The summed E-state index contributed by atoms with van der Waals surface area (Å²) in [5, 5.41) is 3.33. The zero-order chi connectivity index (χ0) is 9.38. The molecule has 1 aromatic heterocycles. The van der Waals surface area contributed by atoms with E-state index < -0.39 is 0 Å². The largest absolute Gasteiger partial charge is 0.357 e. The Labute approximate surface area is 86.4 Å². The number of hydrogen-bond acceptors (Lipinski definition) is 4. The molecule has 3 nitrogen and oxygen atoms in total. The highest BCUT2D eigenvalue weighted by Gasteiger charge is 2.11. The molecule has 0 bridgehead atoms. The maximum Gasteiger partial charge on any atom is 0.0813 e. The standard InChI is InChI=1S/C10H11N3S/c1-2-9-10(14-7-12-9)5-8(1)13-4-3-11-6-13/h1-2,5,7,11H,3-4,6H2. The number of fused-ring (bicyclic) bond motifs is 1. The molecule has 1 aliphatic heterocycles. The number of aromatic nitrogens is 1. The fourth-order valence-corrected chi connectivity index (χ4v) is 2.48. The van der Waals surface area contributed by atoms with Gasteiger partial charge in [-0.1, -0.05) is 0 Å². The zero-order valence-corrected chi connectivity index (χ0v) is 8.55. The third kappa shape index (κ3) is 1.27. The van der Waals surface area contributed by atoms with Gasteiger partial charge in [-0.05, 0) is 18.2 Å². The van der Waals surface area contributed by atoms with E-state index in [1.54, 1.807) is 11.3 Å². The second-order valence-corrected chi connectivity index (χ2v) is 4.31. The van der Waals surface area contributed by atoms with Crippen LogP contribution in [0.5, 0.6) is 0 Å². The summed E-state index contributed by atoms with van der Waals surface area (Å²) in [6.45, 7) is 3.15. The Morgan fingerprint density at radius 1 is 1.43 bits per heavy atom. The normalized spacial score (nSPS) is 16.7. The molecule has 1 saturated heterocycles. The molecule has 0 saturated carbocycles. The number of rotatable bonds is 1. The molecule has 0 atom stereocenters. The monoisotopic (exact) mass is 205 g/mol. The van der Waals surface area contributed by atoms with Gasteiger partial charge in [0.1, 0.15) is 0 Å². The van der Waals surface area contributed by atoms with Crippen LogP contribution in [-0.4, -0.2) is 24.7 Å². The Morgan fingerprint density at radius 2 is 2.43 bits per heavy atom. The average Bonchev–Trinajstić information content (AvgIpc) is 2.88. The van der Waals surface area contributed by atoms with E-state index in [2.05, 4.69) is 33.4 Å². The van der Waals surface area contributed by atoms with Crippen molar-refractivity contribution in [3.63, 3.8) is 0 Å². The van der Waals surface area contributed by atoms with Crippen LogP contribution in [0, 0.1) is 0 Å². The van der Waals surface area contributed by atoms with E-state index in [4.69, 9.17) is 0 Å². The molecular weight excluding hydrogens is 194 g/mol. The van der Waals surface area contributed by atoms with Gasteiger partial charge in [0.2, 0.25) is 0 Å². The molecule has 1 aromatic carbocycles. The lowest BCUT2D eigenvalue weighted by Gasteiger charge is -2.16. The van der Waals surface area contributed by atoms with Crippen molar-refractivity contribution >= 4 is 27.2 Å². The maximum absolute atomic E-state index is 4.27. The summed E-state index contributed by atoms with van der Waals surface area (Å²) in [5.41, 5.74) is 4.30. The van der Waals surface area contributed by atoms with E-state index >= 15 is 0 Å². The van der Waals surface area contributed by atoms with E-state index in [1.807, 2.05) is 5.51 Å². The lowest BCUT2D eigenvalue weighted by molar-refractivity contribution is 0.855. The van der Waals surface area contributed by atoms with Crippen molar-refractivity contribution in [1.29, 1.82) is 0 Å². The summed E-state index contributed by atoms with van der Waals surface area (Å²) in [6, 6.07) is 6.47. The van der Waals surface area contributed by atoms with Crippen LogP contribution in [0.25, 0.3) is 10.2 Å². The van der Waals surface area contributed by atoms with Crippen LogP contribution in [0.4, 0.5) is 5.69 Å². The fraction of sp³-hybridized carbons (Fsp3) is 0.300. The van der Waals surface area contributed by atoms with Crippen LogP contribution in [0.3, 0.4) is 0 Å². The molecule has 2 aromatic rings. The second kappa shape index (κ2) is 3.22. The minimum Gasteiger partial charge on any atom is -0.357 e.